The van der Waals surface area contributed by atoms with Crippen LogP contribution in [-0.4, -0.2) is 34.5 Å². The number of sulfonamides is 1. The number of methoxy groups -OCH3 is 2. The number of amides is 2. The third-order valence-corrected chi connectivity index (χ3v) is 6.22. The molecule has 0 spiro atoms. The number of benzene rings is 3. The molecule has 0 saturated carbocycles. The summed E-state index contributed by atoms with van der Waals surface area (Å²) in [5.74, 6) is -0.210. The molecule has 0 aromatic heterocycles. The van der Waals surface area contributed by atoms with Gasteiger partial charge in [-0.05, 0) is 43.3 Å². The molecule has 3 aromatic rings. The van der Waals surface area contributed by atoms with Crippen LogP contribution in [0, 0.1) is 6.92 Å². The van der Waals surface area contributed by atoms with Crippen LogP contribution in [0.3, 0.4) is 0 Å². The Morgan fingerprint density at radius 1 is 0.853 bits per heavy atom. The Morgan fingerprint density at radius 3 is 2.32 bits per heavy atom. The Morgan fingerprint density at radius 2 is 1.59 bits per heavy atom. The number of anilines is 1. The lowest BCUT2D eigenvalue weighted by Crippen LogP contribution is -2.42. The third-order valence-electron chi connectivity index (χ3n) is 4.86. The first-order valence-corrected chi connectivity index (χ1v) is 11.7. The number of hydrazine groups is 1. The van der Waals surface area contributed by atoms with E-state index in [1.54, 1.807) is 30.3 Å². The van der Waals surface area contributed by atoms with Crippen molar-refractivity contribution in [3.8, 4) is 11.5 Å². The minimum absolute atomic E-state index is 0.0115. The predicted octanol–water partition coefficient (Wildman–Crippen LogP) is 2.82. The molecule has 0 aliphatic heterocycles. The standard InChI is InChI=1S/C24H25N3O6S/c1-16-11-12-21(32-2)18(13-16)15-23(28)25-26-24(29)17-7-6-8-19(14-17)34(30,31)27-20-9-4-5-10-22(20)33-3/h4-14,27H,15H2,1-3H3,(H,25,28)(H,26,29). The van der Waals surface area contributed by atoms with Gasteiger partial charge in [-0.1, -0.05) is 35.9 Å². The Hall–Kier alpha value is -4.05. The van der Waals surface area contributed by atoms with Crippen LogP contribution >= 0.6 is 0 Å². The third kappa shape index (κ3) is 6.04. The van der Waals surface area contributed by atoms with E-state index >= 15 is 0 Å². The number of para-hydroxylation sites is 2. The van der Waals surface area contributed by atoms with Gasteiger partial charge in [0.1, 0.15) is 11.5 Å². The number of carbonyl (C=O) groups excluding carboxylic acids is 2. The van der Waals surface area contributed by atoms with Crippen LogP contribution in [0.4, 0.5) is 5.69 Å². The Balaban J connectivity index is 1.67. The zero-order chi connectivity index (χ0) is 24.7. The minimum Gasteiger partial charge on any atom is -0.496 e. The van der Waals surface area contributed by atoms with E-state index in [9.17, 15) is 18.0 Å². The number of nitrogens with one attached hydrogen (secondary N) is 3. The van der Waals surface area contributed by atoms with Gasteiger partial charge < -0.3 is 9.47 Å². The summed E-state index contributed by atoms with van der Waals surface area (Å²) in [5, 5.41) is 0. The topological polar surface area (TPSA) is 123 Å². The normalized spacial score (nSPS) is 10.8. The van der Waals surface area contributed by atoms with Gasteiger partial charge in [-0.2, -0.15) is 0 Å². The highest BCUT2D eigenvalue weighted by Gasteiger charge is 2.19. The zero-order valence-electron chi connectivity index (χ0n) is 18.9. The van der Waals surface area contributed by atoms with Crippen molar-refractivity contribution in [3.05, 3.63) is 83.4 Å². The Bertz CT molecular complexity index is 1310. The molecule has 3 rings (SSSR count). The van der Waals surface area contributed by atoms with Gasteiger partial charge in [0.05, 0.1) is 31.2 Å². The minimum atomic E-state index is -4.00. The molecule has 10 heteroatoms. The number of carbonyl (C=O) groups is 2. The lowest BCUT2D eigenvalue weighted by molar-refractivity contribution is -0.121. The number of hydrogen-bond acceptors (Lipinski definition) is 6. The molecule has 0 heterocycles. The van der Waals surface area contributed by atoms with Crippen LogP contribution in [0.5, 0.6) is 11.5 Å². The number of ether oxygens (including phenoxy) is 2. The summed E-state index contributed by atoms with van der Waals surface area (Å²) in [5.41, 5.74) is 6.59. The van der Waals surface area contributed by atoms with Gasteiger partial charge >= 0.3 is 0 Å². The zero-order valence-corrected chi connectivity index (χ0v) is 19.7. The molecule has 3 N–H and O–H groups in total. The molecule has 0 saturated heterocycles. The van der Waals surface area contributed by atoms with E-state index in [2.05, 4.69) is 15.6 Å². The molecule has 178 valence electrons. The molecule has 0 radical (unpaired) electrons. The molecule has 0 aliphatic carbocycles. The SMILES string of the molecule is COc1ccc(C)cc1CC(=O)NNC(=O)c1cccc(S(=O)(=O)Nc2ccccc2OC)c1. The summed E-state index contributed by atoms with van der Waals surface area (Å²) in [6.07, 6.45) is -0.0115. The molecule has 0 unspecified atom stereocenters. The summed E-state index contributed by atoms with van der Waals surface area (Å²) >= 11 is 0. The smallest absolute Gasteiger partial charge is 0.269 e. The molecular weight excluding hydrogens is 458 g/mol. The summed E-state index contributed by atoms with van der Waals surface area (Å²) < 4.78 is 38.5. The highest BCUT2D eigenvalue weighted by atomic mass is 32.2. The Labute approximate surface area is 198 Å². The van der Waals surface area contributed by atoms with Gasteiger partial charge in [-0.3, -0.25) is 25.2 Å². The van der Waals surface area contributed by atoms with E-state index in [1.165, 1.54) is 38.5 Å². The van der Waals surface area contributed by atoms with Gasteiger partial charge in [0.15, 0.2) is 0 Å². The maximum Gasteiger partial charge on any atom is 0.269 e. The molecular formula is C24H25N3O6S. The van der Waals surface area contributed by atoms with E-state index in [0.29, 0.717) is 17.1 Å². The van der Waals surface area contributed by atoms with Crippen molar-refractivity contribution in [1.82, 2.24) is 10.9 Å². The molecule has 0 atom stereocenters. The quantitative estimate of drug-likeness (QED) is 0.424. The van der Waals surface area contributed by atoms with E-state index in [1.807, 2.05) is 19.1 Å². The van der Waals surface area contributed by atoms with Gasteiger partial charge in [0.25, 0.3) is 15.9 Å². The van der Waals surface area contributed by atoms with Crippen LogP contribution < -0.4 is 25.0 Å². The lowest BCUT2D eigenvalue weighted by Gasteiger charge is -2.13. The fraction of sp³-hybridized carbons (Fsp3) is 0.167. The second-order valence-electron chi connectivity index (χ2n) is 7.33. The van der Waals surface area contributed by atoms with Crippen LogP contribution in [0.15, 0.2) is 71.6 Å². The number of aryl methyl sites for hydroxylation is 1. The fourth-order valence-electron chi connectivity index (χ4n) is 3.20. The van der Waals surface area contributed by atoms with Crippen molar-refractivity contribution < 1.29 is 27.5 Å². The van der Waals surface area contributed by atoms with Gasteiger partial charge in [0.2, 0.25) is 5.91 Å². The molecule has 34 heavy (non-hydrogen) atoms. The summed E-state index contributed by atoms with van der Waals surface area (Å²) in [7, 11) is -1.05. The van der Waals surface area contributed by atoms with E-state index < -0.39 is 21.8 Å². The van der Waals surface area contributed by atoms with E-state index in [0.717, 1.165) is 5.56 Å². The van der Waals surface area contributed by atoms with Crippen LogP contribution in [0.25, 0.3) is 0 Å². The maximum atomic E-state index is 12.8. The van der Waals surface area contributed by atoms with Crippen LogP contribution in [-0.2, 0) is 21.2 Å². The molecule has 2 amide bonds. The van der Waals surface area contributed by atoms with Crippen molar-refractivity contribution >= 4 is 27.5 Å². The van der Waals surface area contributed by atoms with Gasteiger partial charge in [-0.25, -0.2) is 8.42 Å². The van der Waals surface area contributed by atoms with Crippen molar-refractivity contribution in [3.63, 3.8) is 0 Å². The first kappa shape index (κ1) is 24.6. The average molecular weight is 484 g/mol. The summed E-state index contributed by atoms with van der Waals surface area (Å²) in [6, 6.07) is 17.5. The average Bonchev–Trinajstić information content (AvgIpc) is 2.83. The maximum absolute atomic E-state index is 12.8. The van der Waals surface area contributed by atoms with Gasteiger partial charge in [0, 0.05) is 11.1 Å². The van der Waals surface area contributed by atoms with Crippen molar-refractivity contribution in [2.45, 2.75) is 18.2 Å². The summed E-state index contributed by atoms with van der Waals surface area (Å²) in [6.45, 7) is 1.90. The molecule has 3 aromatic carbocycles. The summed E-state index contributed by atoms with van der Waals surface area (Å²) in [4.78, 5) is 24.7. The fourth-order valence-corrected chi connectivity index (χ4v) is 4.31. The Kier molecular flexibility index (Phi) is 7.75. The van der Waals surface area contributed by atoms with E-state index in [-0.39, 0.29) is 22.6 Å². The van der Waals surface area contributed by atoms with Crippen molar-refractivity contribution in [2.24, 2.45) is 0 Å². The van der Waals surface area contributed by atoms with Gasteiger partial charge in [-0.15, -0.1) is 0 Å². The van der Waals surface area contributed by atoms with Crippen molar-refractivity contribution in [2.75, 3.05) is 18.9 Å². The van der Waals surface area contributed by atoms with Crippen molar-refractivity contribution in [1.29, 1.82) is 0 Å². The molecule has 0 fully saturated rings. The molecule has 9 nitrogen and oxygen atoms in total. The second kappa shape index (κ2) is 10.7. The first-order chi connectivity index (χ1) is 16.2. The lowest BCUT2D eigenvalue weighted by atomic mass is 10.1. The van der Waals surface area contributed by atoms with Crippen LogP contribution in [0.1, 0.15) is 21.5 Å². The predicted molar refractivity (Wildman–Crippen MR) is 127 cm³/mol. The molecule has 0 bridgehead atoms. The first-order valence-electron chi connectivity index (χ1n) is 10.2. The number of hydrogen-bond donors (Lipinski definition) is 3. The highest BCUT2D eigenvalue weighted by Crippen LogP contribution is 2.26. The largest absolute Gasteiger partial charge is 0.496 e. The second-order valence-corrected chi connectivity index (χ2v) is 9.01. The monoisotopic (exact) mass is 483 g/mol. The number of rotatable bonds is 8. The molecule has 0 aliphatic rings. The highest BCUT2D eigenvalue weighted by molar-refractivity contribution is 7.92. The van der Waals surface area contributed by atoms with E-state index in [4.69, 9.17) is 9.47 Å². The van der Waals surface area contributed by atoms with Crippen LogP contribution in [0.2, 0.25) is 0 Å².